The van der Waals surface area contributed by atoms with Crippen molar-refractivity contribution in [3.8, 4) is 11.5 Å². The smallest absolute Gasteiger partial charge is 0.255 e. The molecule has 0 saturated heterocycles. The molecular formula is C18H20ClN3O3. The molecule has 4 rings (SSSR count). The van der Waals surface area contributed by atoms with Gasteiger partial charge >= 0.3 is 0 Å². The van der Waals surface area contributed by atoms with Crippen molar-refractivity contribution < 1.29 is 9.84 Å². The van der Waals surface area contributed by atoms with Gasteiger partial charge in [0.15, 0.2) is 11.5 Å². The number of benzene rings is 1. The van der Waals surface area contributed by atoms with Crippen LogP contribution in [0.1, 0.15) is 41.4 Å². The van der Waals surface area contributed by atoms with E-state index in [4.69, 9.17) is 16.3 Å². The summed E-state index contributed by atoms with van der Waals surface area (Å²) < 4.78 is 5.15. The number of phenols is 1. The highest BCUT2D eigenvalue weighted by molar-refractivity contribution is 6.32. The van der Waals surface area contributed by atoms with Gasteiger partial charge in [0.1, 0.15) is 5.82 Å². The van der Waals surface area contributed by atoms with Crippen LogP contribution in [0.5, 0.6) is 11.5 Å². The van der Waals surface area contributed by atoms with Gasteiger partial charge in [-0.25, -0.2) is 4.98 Å². The van der Waals surface area contributed by atoms with Crippen molar-refractivity contribution in [1.29, 1.82) is 0 Å². The molecule has 0 spiro atoms. The van der Waals surface area contributed by atoms with Crippen LogP contribution in [-0.4, -0.2) is 33.6 Å². The predicted molar refractivity (Wildman–Crippen MR) is 94.3 cm³/mol. The van der Waals surface area contributed by atoms with Gasteiger partial charge in [-0.05, 0) is 30.5 Å². The molecule has 0 unspecified atom stereocenters. The molecule has 1 aliphatic heterocycles. The molecule has 2 N–H and O–H groups in total. The molecule has 2 aliphatic rings. The summed E-state index contributed by atoms with van der Waals surface area (Å²) in [6.45, 7) is 2.01. The van der Waals surface area contributed by atoms with Crippen molar-refractivity contribution >= 4 is 11.6 Å². The van der Waals surface area contributed by atoms with Crippen molar-refractivity contribution in [2.45, 2.75) is 38.3 Å². The lowest BCUT2D eigenvalue weighted by Crippen LogP contribution is -2.35. The molecule has 132 valence electrons. The minimum Gasteiger partial charge on any atom is -0.503 e. The van der Waals surface area contributed by atoms with Crippen LogP contribution in [-0.2, 0) is 19.5 Å². The minimum atomic E-state index is -0.0508. The minimum absolute atomic E-state index is 0.0158. The van der Waals surface area contributed by atoms with Gasteiger partial charge < -0.3 is 14.8 Å². The first-order chi connectivity index (χ1) is 12.0. The molecule has 25 heavy (non-hydrogen) atoms. The molecule has 2 heterocycles. The van der Waals surface area contributed by atoms with E-state index in [1.807, 2.05) is 0 Å². The van der Waals surface area contributed by atoms with Crippen molar-refractivity contribution in [3.05, 3.63) is 50.2 Å². The largest absolute Gasteiger partial charge is 0.503 e. The van der Waals surface area contributed by atoms with E-state index in [0.29, 0.717) is 24.8 Å². The number of aromatic nitrogens is 2. The number of hydrogen-bond acceptors (Lipinski definition) is 5. The lowest BCUT2D eigenvalue weighted by atomic mass is 10.1. The van der Waals surface area contributed by atoms with E-state index in [1.54, 1.807) is 12.1 Å². The van der Waals surface area contributed by atoms with Crippen LogP contribution in [0, 0.1) is 0 Å². The Morgan fingerprint density at radius 2 is 2.24 bits per heavy atom. The maximum Gasteiger partial charge on any atom is 0.255 e. The summed E-state index contributed by atoms with van der Waals surface area (Å²) in [6, 6.07) is 3.50. The van der Waals surface area contributed by atoms with Crippen LogP contribution in [0.4, 0.5) is 0 Å². The number of hydrogen-bond donors (Lipinski definition) is 2. The normalized spacial score (nSPS) is 17.4. The Morgan fingerprint density at radius 3 is 2.96 bits per heavy atom. The van der Waals surface area contributed by atoms with Crippen LogP contribution >= 0.6 is 11.6 Å². The number of nitrogens with zero attached hydrogens (tertiary/aromatic N) is 2. The Morgan fingerprint density at radius 1 is 1.44 bits per heavy atom. The summed E-state index contributed by atoms with van der Waals surface area (Å²) in [5.74, 6) is 1.61. The first-order valence-electron chi connectivity index (χ1n) is 8.45. The van der Waals surface area contributed by atoms with E-state index >= 15 is 0 Å². The fraction of sp³-hybridized carbons (Fsp3) is 0.444. The van der Waals surface area contributed by atoms with E-state index in [-0.39, 0.29) is 16.3 Å². The molecule has 1 aromatic carbocycles. The fourth-order valence-corrected chi connectivity index (χ4v) is 3.55. The first kappa shape index (κ1) is 16.4. The van der Waals surface area contributed by atoms with Gasteiger partial charge in [-0.2, -0.15) is 0 Å². The molecular weight excluding hydrogens is 342 g/mol. The molecule has 0 atom stereocenters. The number of rotatable bonds is 4. The van der Waals surface area contributed by atoms with Crippen LogP contribution in [0.25, 0.3) is 0 Å². The maximum atomic E-state index is 12.4. The van der Waals surface area contributed by atoms with Crippen molar-refractivity contribution in [2.24, 2.45) is 0 Å². The van der Waals surface area contributed by atoms with Gasteiger partial charge in [0.2, 0.25) is 0 Å². The zero-order valence-electron chi connectivity index (χ0n) is 14.0. The third-order valence-electron chi connectivity index (χ3n) is 4.84. The lowest BCUT2D eigenvalue weighted by Gasteiger charge is -2.28. The quantitative estimate of drug-likeness (QED) is 0.875. The summed E-state index contributed by atoms with van der Waals surface area (Å²) in [4.78, 5) is 22.2. The first-order valence-corrected chi connectivity index (χ1v) is 8.82. The van der Waals surface area contributed by atoms with Gasteiger partial charge in [-0.3, -0.25) is 9.69 Å². The van der Waals surface area contributed by atoms with Crippen LogP contribution in [0.3, 0.4) is 0 Å². The lowest BCUT2D eigenvalue weighted by molar-refractivity contribution is 0.241. The SMILES string of the molecule is COc1cc(CN2CCc3nc(C4CC4)[nH]c(=O)c3C2)cc(Cl)c1O. The van der Waals surface area contributed by atoms with Crippen molar-refractivity contribution in [3.63, 3.8) is 0 Å². The average Bonchev–Trinajstić information content (AvgIpc) is 3.43. The number of fused-ring (bicyclic) bond motifs is 1. The Balaban J connectivity index is 1.55. The van der Waals surface area contributed by atoms with Crippen LogP contribution in [0.15, 0.2) is 16.9 Å². The number of halogens is 1. The molecule has 6 nitrogen and oxygen atoms in total. The Kier molecular flexibility index (Phi) is 4.17. The number of methoxy groups -OCH3 is 1. The third-order valence-corrected chi connectivity index (χ3v) is 5.13. The number of nitrogens with one attached hydrogen (secondary N) is 1. The molecule has 1 aromatic heterocycles. The zero-order valence-corrected chi connectivity index (χ0v) is 14.8. The number of ether oxygens (including phenoxy) is 1. The zero-order chi connectivity index (χ0) is 17.6. The number of H-pyrrole nitrogens is 1. The number of aromatic hydroxyl groups is 1. The molecule has 1 aliphatic carbocycles. The van der Waals surface area contributed by atoms with E-state index in [9.17, 15) is 9.90 Å². The molecule has 1 fully saturated rings. The Hall–Kier alpha value is -2.05. The predicted octanol–water partition coefficient (Wildman–Crippen LogP) is 2.57. The summed E-state index contributed by atoms with van der Waals surface area (Å²) in [5.41, 5.74) is 2.61. The van der Waals surface area contributed by atoms with Crippen molar-refractivity contribution in [2.75, 3.05) is 13.7 Å². The van der Waals surface area contributed by atoms with Gasteiger partial charge in [-0.1, -0.05) is 11.6 Å². The second kappa shape index (κ2) is 6.35. The standard InChI is InChI=1S/C18H20ClN3O3/c1-25-15-7-10(6-13(19)16(15)23)8-22-5-4-14-12(9-22)18(24)21-17(20-14)11-2-3-11/h6-7,11,23H,2-5,8-9H2,1H3,(H,20,21,24). The van der Waals surface area contributed by atoms with Gasteiger partial charge in [0, 0.05) is 32.0 Å². The molecule has 1 saturated carbocycles. The highest BCUT2D eigenvalue weighted by Gasteiger charge is 2.29. The number of aromatic amines is 1. The highest BCUT2D eigenvalue weighted by atomic mass is 35.5. The molecule has 0 bridgehead atoms. The van der Waals surface area contributed by atoms with Gasteiger partial charge in [0.05, 0.1) is 23.4 Å². The van der Waals surface area contributed by atoms with Gasteiger partial charge in [0.25, 0.3) is 5.56 Å². The Bertz CT molecular complexity index is 877. The molecule has 0 radical (unpaired) electrons. The topological polar surface area (TPSA) is 78.5 Å². The highest BCUT2D eigenvalue weighted by Crippen LogP contribution is 2.38. The number of phenolic OH excluding ortho intramolecular Hbond substituents is 1. The summed E-state index contributed by atoms with van der Waals surface area (Å²) in [6.07, 6.45) is 3.01. The van der Waals surface area contributed by atoms with E-state index in [2.05, 4.69) is 14.9 Å². The monoisotopic (exact) mass is 361 g/mol. The van der Waals surface area contributed by atoms with Gasteiger partial charge in [-0.15, -0.1) is 0 Å². The van der Waals surface area contributed by atoms with E-state index in [0.717, 1.165) is 48.5 Å². The van der Waals surface area contributed by atoms with Crippen LogP contribution in [0.2, 0.25) is 5.02 Å². The Labute approximate surface area is 150 Å². The second-order valence-corrected chi connectivity index (χ2v) is 7.15. The van der Waals surface area contributed by atoms with Crippen molar-refractivity contribution in [1.82, 2.24) is 14.9 Å². The third kappa shape index (κ3) is 3.24. The molecule has 0 amide bonds. The summed E-state index contributed by atoms with van der Waals surface area (Å²) in [5, 5.41) is 10.1. The molecule has 7 heteroatoms. The summed E-state index contributed by atoms with van der Waals surface area (Å²) in [7, 11) is 1.50. The molecule has 2 aromatic rings. The maximum absolute atomic E-state index is 12.4. The van der Waals surface area contributed by atoms with E-state index < -0.39 is 0 Å². The summed E-state index contributed by atoms with van der Waals surface area (Å²) >= 11 is 6.06. The average molecular weight is 362 g/mol. The van der Waals surface area contributed by atoms with E-state index in [1.165, 1.54) is 7.11 Å². The van der Waals surface area contributed by atoms with Crippen LogP contribution < -0.4 is 10.3 Å². The fourth-order valence-electron chi connectivity index (χ4n) is 3.32. The second-order valence-electron chi connectivity index (χ2n) is 6.74.